The number of carboxylic acid groups (broad SMARTS) is 2. The molecule has 0 aliphatic rings. The van der Waals surface area contributed by atoms with E-state index < -0.39 is 17.9 Å². The molecule has 0 fully saturated rings. The van der Waals surface area contributed by atoms with Crippen molar-refractivity contribution < 1.29 is 24.6 Å². The van der Waals surface area contributed by atoms with Crippen molar-refractivity contribution in [1.29, 1.82) is 0 Å². The molecular formula is C6H8O5. The first-order valence-electron chi connectivity index (χ1n) is 2.97. The number of aliphatic carboxylic acids is 2. The van der Waals surface area contributed by atoms with Crippen LogP contribution in [0.2, 0.25) is 0 Å². The number of carbonyl (C=O) groups is 3. The first-order valence-corrected chi connectivity index (χ1v) is 2.97. The molecule has 0 bridgehead atoms. The quantitative estimate of drug-likeness (QED) is 0.427. The van der Waals surface area contributed by atoms with Gasteiger partial charge in [-0.2, -0.15) is 0 Å². The van der Waals surface area contributed by atoms with Crippen LogP contribution in [0.3, 0.4) is 0 Å². The van der Waals surface area contributed by atoms with Crippen LogP contribution in [0.1, 0.15) is 12.8 Å². The van der Waals surface area contributed by atoms with Gasteiger partial charge in [0.1, 0.15) is 12.2 Å². The highest BCUT2D eigenvalue weighted by molar-refractivity contribution is 5.86. The molecular weight excluding hydrogens is 152 g/mol. The monoisotopic (exact) mass is 160 g/mol. The maximum Gasteiger partial charge on any atom is 0.313 e. The summed E-state index contributed by atoms with van der Waals surface area (Å²) in [6.45, 7) is 0. The Morgan fingerprint density at radius 3 is 2.18 bits per heavy atom. The predicted octanol–water partition coefficient (Wildman–Crippen LogP) is -0.249. The summed E-state index contributed by atoms with van der Waals surface area (Å²) < 4.78 is 0. The van der Waals surface area contributed by atoms with E-state index in [9.17, 15) is 14.4 Å². The lowest BCUT2D eigenvalue weighted by atomic mass is 10.1. The second-order valence-corrected chi connectivity index (χ2v) is 2.01. The van der Waals surface area contributed by atoms with E-state index in [1.807, 2.05) is 0 Å². The van der Waals surface area contributed by atoms with Gasteiger partial charge in [-0.1, -0.05) is 0 Å². The minimum absolute atomic E-state index is 0.145. The molecule has 0 spiro atoms. The van der Waals surface area contributed by atoms with Gasteiger partial charge in [0.05, 0.1) is 0 Å². The van der Waals surface area contributed by atoms with E-state index in [0.29, 0.717) is 0 Å². The normalized spacial score (nSPS) is 12.0. The van der Waals surface area contributed by atoms with Crippen molar-refractivity contribution in [1.82, 2.24) is 0 Å². The van der Waals surface area contributed by atoms with E-state index in [0.717, 1.165) is 0 Å². The molecule has 0 radical (unpaired) electrons. The van der Waals surface area contributed by atoms with Gasteiger partial charge in [-0.05, 0) is 6.42 Å². The Kier molecular flexibility index (Phi) is 3.87. The first-order chi connectivity index (χ1) is 5.07. The zero-order valence-corrected chi connectivity index (χ0v) is 5.69. The SMILES string of the molecule is O=C[C@H](CCC(=O)O)C(=O)O. The van der Waals surface area contributed by atoms with Crippen LogP contribution in [-0.4, -0.2) is 28.4 Å². The fourth-order valence-electron chi connectivity index (χ4n) is 0.529. The van der Waals surface area contributed by atoms with Crippen molar-refractivity contribution in [2.45, 2.75) is 12.8 Å². The smallest absolute Gasteiger partial charge is 0.313 e. The minimum atomic E-state index is -1.28. The van der Waals surface area contributed by atoms with Crippen LogP contribution >= 0.6 is 0 Å². The molecule has 0 aromatic heterocycles. The maximum absolute atomic E-state index is 10.1. The molecule has 1 atom stereocenters. The summed E-state index contributed by atoms with van der Waals surface area (Å²) in [6, 6.07) is 0. The van der Waals surface area contributed by atoms with Gasteiger partial charge in [0.25, 0.3) is 0 Å². The molecule has 0 saturated carbocycles. The van der Waals surface area contributed by atoms with Gasteiger partial charge >= 0.3 is 11.9 Å². The third kappa shape index (κ3) is 4.07. The third-order valence-corrected chi connectivity index (χ3v) is 1.15. The molecule has 2 N–H and O–H groups in total. The zero-order valence-electron chi connectivity index (χ0n) is 5.69. The van der Waals surface area contributed by atoms with Gasteiger partial charge < -0.3 is 15.0 Å². The Bertz CT molecular complexity index is 174. The van der Waals surface area contributed by atoms with Crippen molar-refractivity contribution in [3.63, 3.8) is 0 Å². The average Bonchev–Trinajstić information content (AvgIpc) is 1.87. The van der Waals surface area contributed by atoms with Crippen molar-refractivity contribution in [3.05, 3.63) is 0 Å². The van der Waals surface area contributed by atoms with E-state index in [2.05, 4.69) is 0 Å². The topological polar surface area (TPSA) is 91.7 Å². The Hall–Kier alpha value is -1.39. The number of hydrogen-bond acceptors (Lipinski definition) is 3. The molecule has 62 valence electrons. The number of carboxylic acids is 2. The highest BCUT2D eigenvalue weighted by Crippen LogP contribution is 2.02. The molecule has 0 amide bonds. The van der Waals surface area contributed by atoms with Gasteiger partial charge in [0.15, 0.2) is 0 Å². The molecule has 0 heterocycles. The van der Waals surface area contributed by atoms with Gasteiger partial charge in [0.2, 0.25) is 0 Å². The Balaban J connectivity index is 3.79. The molecule has 5 heteroatoms. The molecule has 0 aromatic carbocycles. The highest BCUT2D eigenvalue weighted by Gasteiger charge is 2.16. The lowest BCUT2D eigenvalue weighted by molar-refractivity contribution is -0.144. The molecule has 0 aliphatic heterocycles. The van der Waals surface area contributed by atoms with Gasteiger partial charge in [-0.3, -0.25) is 9.59 Å². The average molecular weight is 160 g/mol. The molecule has 0 aliphatic carbocycles. The molecule has 11 heavy (non-hydrogen) atoms. The molecule has 5 nitrogen and oxygen atoms in total. The number of rotatable bonds is 5. The fourth-order valence-corrected chi connectivity index (χ4v) is 0.529. The summed E-state index contributed by atoms with van der Waals surface area (Å²) in [5.74, 6) is -3.56. The Morgan fingerprint density at radius 2 is 1.91 bits per heavy atom. The predicted molar refractivity (Wildman–Crippen MR) is 34.1 cm³/mol. The summed E-state index contributed by atoms with van der Waals surface area (Å²) >= 11 is 0. The fraction of sp³-hybridized carbons (Fsp3) is 0.500. The number of carbonyl (C=O) groups excluding carboxylic acids is 1. The van der Waals surface area contributed by atoms with Crippen LogP contribution in [0.25, 0.3) is 0 Å². The van der Waals surface area contributed by atoms with Crippen LogP contribution in [0.4, 0.5) is 0 Å². The summed E-state index contributed by atoms with van der Waals surface area (Å²) in [4.78, 5) is 30.0. The summed E-state index contributed by atoms with van der Waals surface area (Å²) in [6.07, 6.45) is -0.199. The summed E-state index contributed by atoms with van der Waals surface area (Å²) in [5, 5.41) is 16.4. The lowest BCUT2D eigenvalue weighted by Gasteiger charge is -1.99. The highest BCUT2D eigenvalue weighted by atomic mass is 16.4. The van der Waals surface area contributed by atoms with E-state index in [1.165, 1.54) is 0 Å². The van der Waals surface area contributed by atoms with E-state index in [4.69, 9.17) is 10.2 Å². The van der Waals surface area contributed by atoms with Crippen LogP contribution in [0.15, 0.2) is 0 Å². The van der Waals surface area contributed by atoms with E-state index in [-0.39, 0.29) is 19.1 Å². The van der Waals surface area contributed by atoms with Crippen molar-refractivity contribution in [3.8, 4) is 0 Å². The van der Waals surface area contributed by atoms with Crippen molar-refractivity contribution in [2.75, 3.05) is 0 Å². The minimum Gasteiger partial charge on any atom is -0.481 e. The first kappa shape index (κ1) is 9.61. The number of hydrogen-bond donors (Lipinski definition) is 2. The second-order valence-electron chi connectivity index (χ2n) is 2.01. The number of aldehydes is 1. The molecule has 0 saturated heterocycles. The zero-order chi connectivity index (χ0) is 8.85. The third-order valence-electron chi connectivity index (χ3n) is 1.15. The van der Waals surface area contributed by atoms with Gasteiger partial charge in [-0.25, -0.2) is 0 Å². The van der Waals surface area contributed by atoms with Crippen molar-refractivity contribution in [2.24, 2.45) is 5.92 Å². The van der Waals surface area contributed by atoms with Crippen LogP contribution in [0.5, 0.6) is 0 Å². The Morgan fingerprint density at radius 1 is 1.36 bits per heavy atom. The molecule has 0 unspecified atom stereocenters. The largest absolute Gasteiger partial charge is 0.481 e. The Labute approximate surface area is 62.6 Å². The van der Waals surface area contributed by atoms with E-state index in [1.54, 1.807) is 0 Å². The van der Waals surface area contributed by atoms with Gasteiger partial charge in [0, 0.05) is 6.42 Å². The van der Waals surface area contributed by atoms with Crippen molar-refractivity contribution >= 4 is 18.2 Å². The van der Waals surface area contributed by atoms with Gasteiger partial charge in [-0.15, -0.1) is 0 Å². The maximum atomic E-state index is 10.1. The van der Waals surface area contributed by atoms with Crippen LogP contribution in [-0.2, 0) is 14.4 Å². The summed E-state index contributed by atoms with van der Waals surface area (Å²) in [5.41, 5.74) is 0. The van der Waals surface area contributed by atoms with Crippen LogP contribution in [0, 0.1) is 5.92 Å². The second kappa shape index (κ2) is 4.43. The lowest BCUT2D eigenvalue weighted by Crippen LogP contribution is -2.16. The molecule has 0 rings (SSSR count). The summed E-state index contributed by atoms with van der Waals surface area (Å²) in [7, 11) is 0. The molecule has 0 aromatic rings. The van der Waals surface area contributed by atoms with E-state index >= 15 is 0 Å². The van der Waals surface area contributed by atoms with Crippen LogP contribution < -0.4 is 0 Å². The standard InChI is InChI=1S/C6H8O5/c7-3-4(6(10)11)1-2-5(8)9/h3-4H,1-2H2,(H,8,9)(H,10,11)/t4-/m0/s1.